The highest BCUT2D eigenvalue weighted by Gasteiger charge is 2.15. The molecule has 31 heavy (non-hydrogen) atoms. The summed E-state index contributed by atoms with van der Waals surface area (Å²) in [4.78, 5) is 12.4. The number of hydrogen-bond donors (Lipinski definition) is 2. The van der Waals surface area contributed by atoms with Crippen LogP contribution in [-0.2, 0) is 4.79 Å². The number of ether oxygens (including phenoxy) is 3. The Morgan fingerprint density at radius 3 is 2.65 bits per heavy atom. The number of carbonyl (C=O) groups is 1. The average Bonchev–Trinajstić information content (AvgIpc) is 3.12. The molecule has 0 aliphatic carbocycles. The van der Waals surface area contributed by atoms with Crippen molar-refractivity contribution >= 4 is 23.4 Å². The van der Waals surface area contributed by atoms with Crippen LogP contribution in [0.25, 0.3) is 11.4 Å². The Morgan fingerprint density at radius 1 is 1.13 bits per heavy atom. The second-order valence-electron chi connectivity index (χ2n) is 6.77. The summed E-state index contributed by atoms with van der Waals surface area (Å²) in [6.45, 7) is 3.92. The van der Waals surface area contributed by atoms with Crippen molar-refractivity contribution in [2.24, 2.45) is 0 Å². The molecule has 0 atom stereocenters. The molecular formula is C21H25N5O4S. The van der Waals surface area contributed by atoms with E-state index in [1.54, 1.807) is 25.3 Å². The third-order valence-electron chi connectivity index (χ3n) is 4.14. The van der Waals surface area contributed by atoms with Crippen LogP contribution in [0.1, 0.15) is 13.8 Å². The number of methoxy groups -OCH3 is 2. The minimum atomic E-state index is -0.231. The largest absolute Gasteiger partial charge is 0.497 e. The number of rotatable bonds is 9. The van der Waals surface area contributed by atoms with E-state index in [9.17, 15) is 4.79 Å². The van der Waals surface area contributed by atoms with Gasteiger partial charge in [0.05, 0.1) is 31.8 Å². The normalized spacial score (nSPS) is 10.7. The predicted molar refractivity (Wildman–Crippen MR) is 120 cm³/mol. The maximum atomic E-state index is 12.4. The van der Waals surface area contributed by atoms with Crippen LogP contribution in [0.2, 0.25) is 0 Å². The molecule has 9 nitrogen and oxygen atoms in total. The number of carbonyl (C=O) groups excluding carboxylic acids is 1. The van der Waals surface area contributed by atoms with Crippen molar-refractivity contribution in [3.05, 3.63) is 42.5 Å². The number of benzene rings is 2. The van der Waals surface area contributed by atoms with Gasteiger partial charge in [0.2, 0.25) is 11.1 Å². The number of nitrogens with two attached hydrogens (primary N) is 1. The van der Waals surface area contributed by atoms with Crippen LogP contribution in [0, 0.1) is 0 Å². The van der Waals surface area contributed by atoms with E-state index >= 15 is 0 Å². The lowest BCUT2D eigenvalue weighted by molar-refractivity contribution is -0.113. The molecule has 1 heterocycles. The first-order valence-corrected chi connectivity index (χ1v) is 10.5. The van der Waals surface area contributed by atoms with Gasteiger partial charge >= 0.3 is 0 Å². The first kappa shape index (κ1) is 22.3. The Balaban J connectivity index is 1.66. The monoisotopic (exact) mass is 443 g/mol. The van der Waals surface area contributed by atoms with Crippen molar-refractivity contribution in [2.75, 3.05) is 31.1 Å². The van der Waals surface area contributed by atoms with Gasteiger partial charge in [-0.2, -0.15) is 0 Å². The summed E-state index contributed by atoms with van der Waals surface area (Å²) in [5.74, 6) is 8.38. The predicted octanol–water partition coefficient (Wildman–Crippen LogP) is 3.19. The fraction of sp³-hybridized carbons (Fsp3) is 0.286. The van der Waals surface area contributed by atoms with Crippen LogP contribution in [0.5, 0.6) is 17.2 Å². The van der Waals surface area contributed by atoms with Gasteiger partial charge < -0.3 is 25.4 Å². The summed E-state index contributed by atoms with van der Waals surface area (Å²) in [5, 5.41) is 11.5. The fourth-order valence-electron chi connectivity index (χ4n) is 2.77. The molecule has 0 aliphatic heterocycles. The van der Waals surface area contributed by atoms with E-state index in [2.05, 4.69) is 15.5 Å². The molecule has 0 bridgehead atoms. The smallest absolute Gasteiger partial charge is 0.234 e. The van der Waals surface area contributed by atoms with Crippen molar-refractivity contribution in [1.82, 2.24) is 14.9 Å². The summed E-state index contributed by atoms with van der Waals surface area (Å²) in [7, 11) is 3.09. The number of nitrogens with one attached hydrogen (secondary N) is 1. The summed E-state index contributed by atoms with van der Waals surface area (Å²) >= 11 is 1.18. The van der Waals surface area contributed by atoms with Crippen molar-refractivity contribution in [2.45, 2.75) is 25.1 Å². The zero-order valence-electron chi connectivity index (χ0n) is 17.8. The van der Waals surface area contributed by atoms with Gasteiger partial charge in [0, 0.05) is 11.6 Å². The van der Waals surface area contributed by atoms with Gasteiger partial charge in [-0.15, -0.1) is 10.2 Å². The van der Waals surface area contributed by atoms with Gasteiger partial charge in [0.1, 0.15) is 17.2 Å². The van der Waals surface area contributed by atoms with Crippen LogP contribution < -0.4 is 25.4 Å². The van der Waals surface area contributed by atoms with Crippen molar-refractivity contribution in [3.8, 4) is 28.6 Å². The lowest BCUT2D eigenvalue weighted by Crippen LogP contribution is -2.17. The number of nitrogen functional groups attached to an aromatic ring is 1. The summed E-state index contributed by atoms with van der Waals surface area (Å²) in [6.07, 6.45) is 0.0555. The highest BCUT2D eigenvalue weighted by atomic mass is 32.2. The van der Waals surface area contributed by atoms with Gasteiger partial charge in [-0.3, -0.25) is 4.79 Å². The summed E-state index contributed by atoms with van der Waals surface area (Å²) in [5.41, 5.74) is 1.32. The number of hydrogen-bond acceptors (Lipinski definition) is 8. The van der Waals surface area contributed by atoms with Crippen molar-refractivity contribution < 1.29 is 19.0 Å². The van der Waals surface area contributed by atoms with E-state index in [4.69, 9.17) is 20.1 Å². The molecule has 164 valence electrons. The highest BCUT2D eigenvalue weighted by molar-refractivity contribution is 7.99. The molecule has 3 N–H and O–H groups in total. The molecule has 1 amide bonds. The second kappa shape index (κ2) is 10.1. The maximum absolute atomic E-state index is 12.4. The molecule has 0 spiro atoms. The molecular weight excluding hydrogens is 418 g/mol. The number of anilines is 1. The minimum Gasteiger partial charge on any atom is -0.497 e. The zero-order chi connectivity index (χ0) is 22.4. The van der Waals surface area contributed by atoms with Crippen molar-refractivity contribution in [1.29, 1.82) is 0 Å². The molecule has 0 unspecified atom stereocenters. The number of aromatic nitrogens is 3. The van der Waals surface area contributed by atoms with Crippen LogP contribution in [0.3, 0.4) is 0 Å². The molecule has 0 fully saturated rings. The van der Waals surface area contributed by atoms with Crippen LogP contribution in [0.15, 0.2) is 47.6 Å². The number of amides is 1. The molecule has 0 saturated carbocycles. The molecule has 0 radical (unpaired) electrons. The minimum absolute atomic E-state index is 0.0555. The fourth-order valence-corrected chi connectivity index (χ4v) is 3.43. The van der Waals surface area contributed by atoms with Gasteiger partial charge in [-0.05, 0) is 38.1 Å². The zero-order valence-corrected chi connectivity index (χ0v) is 18.6. The average molecular weight is 444 g/mol. The Kier molecular flexibility index (Phi) is 7.24. The highest BCUT2D eigenvalue weighted by Crippen LogP contribution is 2.30. The SMILES string of the molecule is COc1ccc(NC(=O)CSc2nnc(-c3cccc(OC(C)C)c3)n2N)c(OC)c1. The number of nitrogens with zero attached hydrogens (tertiary/aromatic N) is 3. The summed E-state index contributed by atoms with van der Waals surface area (Å²) in [6, 6.07) is 12.6. The molecule has 1 aromatic heterocycles. The lowest BCUT2D eigenvalue weighted by Gasteiger charge is -2.11. The van der Waals surface area contributed by atoms with E-state index in [0.29, 0.717) is 28.2 Å². The molecule has 2 aromatic carbocycles. The van der Waals surface area contributed by atoms with Crippen molar-refractivity contribution in [3.63, 3.8) is 0 Å². The Morgan fingerprint density at radius 2 is 1.94 bits per heavy atom. The number of thioether (sulfide) groups is 1. The second-order valence-corrected chi connectivity index (χ2v) is 7.72. The standard InChI is InChI=1S/C21H25N5O4S/c1-13(2)30-16-7-5-6-14(10-16)20-24-25-21(26(20)22)31-12-19(27)23-17-9-8-15(28-3)11-18(17)29-4/h5-11,13H,12,22H2,1-4H3,(H,23,27). The molecule has 10 heteroatoms. The quantitative estimate of drug-likeness (QED) is 0.383. The molecule has 3 rings (SSSR count). The topological polar surface area (TPSA) is 114 Å². The van der Waals surface area contributed by atoms with Crippen LogP contribution in [0.4, 0.5) is 5.69 Å². The van der Waals surface area contributed by atoms with E-state index < -0.39 is 0 Å². The Hall–Kier alpha value is -3.40. The van der Waals surface area contributed by atoms with Gasteiger partial charge in [-0.1, -0.05) is 23.9 Å². The van der Waals surface area contributed by atoms with E-state index in [1.807, 2.05) is 38.1 Å². The first-order valence-electron chi connectivity index (χ1n) is 9.53. The molecule has 0 saturated heterocycles. The Bertz CT molecular complexity index is 1050. The summed E-state index contributed by atoms with van der Waals surface area (Å²) < 4.78 is 17.5. The lowest BCUT2D eigenvalue weighted by atomic mass is 10.2. The third-order valence-corrected chi connectivity index (χ3v) is 5.09. The van der Waals surface area contributed by atoms with Crippen LogP contribution in [-0.4, -0.2) is 46.9 Å². The first-order chi connectivity index (χ1) is 14.9. The van der Waals surface area contributed by atoms with Crippen LogP contribution >= 0.6 is 11.8 Å². The van der Waals surface area contributed by atoms with E-state index in [1.165, 1.54) is 23.5 Å². The van der Waals surface area contributed by atoms with Gasteiger partial charge in [-0.25, -0.2) is 4.68 Å². The van der Waals surface area contributed by atoms with E-state index in [-0.39, 0.29) is 17.8 Å². The van der Waals surface area contributed by atoms with Gasteiger partial charge in [0.25, 0.3) is 0 Å². The third kappa shape index (κ3) is 5.60. The Labute approximate surface area is 184 Å². The maximum Gasteiger partial charge on any atom is 0.234 e. The molecule has 3 aromatic rings. The van der Waals surface area contributed by atoms with Gasteiger partial charge in [0.15, 0.2) is 5.82 Å². The molecule has 0 aliphatic rings. The van der Waals surface area contributed by atoms with E-state index in [0.717, 1.165) is 11.3 Å².